The Bertz CT molecular complexity index is 335. The first kappa shape index (κ1) is 13.7. The van der Waals surface area contributed by atoms with Crippen molar-refractivity contribution in [2.45, 2.75) is 45.0 Å². The average Bonchev–Trinajstić information content (AvgIpc) is 2.58. The van der Waals surface area contributed by atoms with Gasteiger partial charge in [-0.1, -0.05) is 0 Å². The maximum absolute atomic E-state index is 13.1. The maximum atomic E-state index is 13.1. The molecule has 104 valence electrons. The molecule has 2 rings (SSSR count). The highest BCUT2D eigenvalue weighted by Crippen LogP contribution is 2.40. The van der Waals surface area contributed by atoms with Gasteiger partial charge < -0.3 is 10.0 Å². The summed E-state index contributed by atoms with van der Waals surface area (Å²) in [5, 5.41) is 9.21. The van der Waals surface area contributed by atoms with E-state index in [0.717, 1.165) is 13.0 Å². The highest BCUT2D eigenvalue weighted by atomic mass is 19.3. The van der Waals surface area contributed by atoms with Gasteiger partial charge in [0, 0.05) is 25.9 Å². The monoisotopic (exact) mass is 261 g/mol. The standard InChI is InChI=1S/C13H21F2NO2/c1-12(11(17)18)4-2-6-16(9-12)8-10-3-5-13(14,15)7-10/h10H,2-9H2,1H3,(H,17,18). The summed E-state index contributed by atoms with van der Waals surface area (Å²) in [4.78, 5) is 13.3. The fraction of sp³-hybridized carbons (Fsp3) is 0.923. The predicted molar refractivity (Wildman–Crippen MR) is 63.7 cm³/mol. The van der Waals surface area contributed by atoms with Crippen LogP contribution in [0.3, 0.4) is 0 Å². The van der Waals surface area contributed by atoms with E-state index in [9.17, 15) is 18.7 Å². The largest absolute Gasteiger partial charge is 0.481 e. The van der Waals surface area contributed by atoms with Gasteiger partial charge in [0.1, 0.15) is 0 Å². The van der Waals surface area contributed by atoms with Gasteiger partial charge in [-0.2, -0.15) is 0 Å². The Hall–Kier alpha value is -0.710. The number of carboxylic acid groups (broad SMARTS) is 1. The second-order valence-electron chi connectivity index (χ2n) is 6.17. The van der Waals surface area contributed by atoms with Crippen LogP contribution in [0.5, 0.6) is 0 Å². The highest BCUT2D eigenvalue weighted by molar-refractivity contribution is 5.74. The Morgan fingerprint density at radius 1 is 1.44 bits per heavy atom. The molecule has 0 aromatic carbocycles. The number of alkyl halides is 2. The van der Waals surface area contributed by atoms with E-state index in [0.29, 0.717) is 25.9 Å². The van der Waals surface area contributed by atoms with Crippen molar-refractivity contribution in [3.8, 4) is 0 Å². The first-order chi connectivity index (χ1) is 8.31. The second kappa shape index (κ2) is 4.76. The predicted octanol–water partition coefficient (Wildman–Crippen LogP) is 2.61. The van der Waals surface area contributed by atoms with Gasteiger partial charge in [0.05, 0.1) is 5.41 Å². The van der Waals surface area contributed by atoms with Crippen LogP contribution >= 0.6 is 0 Å². The number of likely N-dealkylation sites (tertiary alicyclic amines) is 1. The zero-order valence-electron chi connectivity index (χ0n) is 10.8. The Labute approximate surface area is 106 Å². The molecule has 0 aromatic rings. The van der Waals surface area contributed by atoms with Crippen LogP contribution < -0.4 is 0 Å². The molecule has 1 saturated carbocycles. The fourth-order valence-electron chi connectivity index (χ4n) is 3.24. The minimum atomic E-state index is -2.50. The van der Waals surface area contributed by atoms with E-state index in [1.165, 1.54) is 0 Å². The van der Waals surface area contributed by atoms with E-state index in [-0.39, 0.29) is 18.8 Å². The van der Waals surface area contributed by atoms with Crippen LogP contribution in [0.1, 0.15) is 39.0 Å². The molecule has 1 heterocycles. The van der Waals surface area contributed by atoms with Crippen LogP contribution in [0, 0.1) is 11.3 Å². The third-order valence-electron chi connectivity index (χ3n) is 4.31. The summed E-state index contributed by atoms with van der Waals surface area (Å²) in [5.41, 5.74) is -0.709. The third-order valence-corrected chi connectivity index (χ3v) is 4.31. The van der Waals surface area contributed by atoms with E-state index < -0.39 is 17.3 Å². The molecule has 5 heteroatoms. The van der Waals surface area contributed by atoms with Crippen LogP contribution in [0.15, 0.2) is 0 Å². The van der Waals surface area contributed by atoms with Gasteiger partial charge in [0.15, 0.2) is 0 Å². The third kappa shape index (κ3) is 2.99. The van der Waals surface area contributed by atoms with E-state index >= 15 is 0 Å². The van der Waals surface area contributed by atoms with Crippen LogP contribution in [0.4, 0.5) is 8.78 Å². The number of aliphatic carboxylic acids is 1. The molecule has 1 aliphatic carbocycles. The summed E-state index contributed by atoms with van der Waals surface area (Å²) in [6, 6.07) is 0. The van der Waals surface area contributed by atoms with Gasteiger partial charge in [-0.25, -0.2) is 8.78 Å². The average molecular weight is 261 g/mol. The van der Waals surface area contributed by atoms with Crippen molar-refractivity contribution in [1.82, 2.24) is 4.90 Å². The van der Waals surface area contributed by atoms with Crippen molar-refractivity contribution in [2.24, 2.45) is 11.3 Å². The lowest BCUT2D eigenvalue weighted by Gasteiger charge is -2.38. The Morgan fingerprint density at radius 2 is 2.17 bits per heavy atom. The number of hydrogen-bond donors (Lipinski definition) is 1. The molecular formula is C13H21F2NO2. The fourth-order valence-corrected chi connectivity index (χ4v) is 3.24. The summed E-state index contributed by atoms with van der Waals surface area (Å²) in [6.45, 7) is 3.71. The number of carboxylic acids is 1. The minimum Gasteiger partial charge on any atom is -0.481 e. The minimum absolute atomic E-state index is 0.0122. The van der Waals surface area contributed by atoms with Gasteiger partial charge in [0.25, 0.3) is 0 Å². The Balaban J connectivity index is 1.89. The molecule has 2 atom stereocenters. The molecule has 3 nitrogen and oxygen atoms in total. The summed E-state index contributed by atoms with van der Waals surface area (Å²) in [6.07, 6.45) is 2.04. The first-order valence-electron chi connectivity index (χ1n) is 6.64. The molecule has 2 fully saturated rings. The molecule has 1 saturated heterocycles. The zero-order valence-corrected chi connectivity index (χ0v) is 10.8. The van der Waals surface area contributed by atoms with E-state index in [1.807, 2.05) is 0 Å². The number of halogens is 2. The summed E-state index contributed by atoms with van der Waals surface area (Å²) in [5.74, 6) is -3.25. The molecule has 1 N–H and O–H groups in total. The number of nitrogens with zero attached hydrogens (tertiary/aromatic N) is 1. The molecule has 2 aliphatic rings. The first-order valence-corrected chi connectivity index (χ1v) is 6.64. The topological polar surface area (TPSA) is 40.5 Å². The molecular weight excluding hydrogens is 240 g/mol. The van der Waals surface area contributed by atoms with Gasteiger partial charge in [-0.05, 0) is 38.6 Å². The molecule has 0 bridgehead atoms. The molecule has 2 unspecified atom stereocenters. The Kier molecular flexibility index (Phi) is 3.63. The van der Waals surface area contributed by atoms with Crippen molar-refractivity contribution in [1.29, 1.82) is 0 Å². The molecule has 0 aromatic heterocycles. The van der Waals surface area contributed by atoms with Gasteiger partial charge >= 0.3 is 5.97 Å². The van der Waals surface area contributed by atoms with Gasteiger partial charge in [-0.3, -0.25) is 4.79 Å². The van der Waals surface area contributed by atoms with Crippen molar-refractivity contribution in [3.05, 3.63) is 0 Å². The van der Waals surface area contributed by atoms with Gasteiger partial charge in [0.2, 0.25) is 5.92 Å². The SMILES string of the molecule is CC1(C(=O)O)CCCN(CC2CCC(F)(F)C2)C1. The Morgan fingerprint density at radius 3 is 2.72 bits per heavy atom. The zero-order chi connectivity index (χ0) is 13.4. The van der Waals surface area contributed by atoms with E-state index in [1.54, 1.807) is 6.92 Å². The molecule has 0 radical (unpaired) electrons. The number of piperidine rings is 1. The van der Waals surface area contributed by atoms with Crippen LogP contribution in [0.2, 0.25) is 0 Å². The van der Waals surface area contributed by atoms with Gasteiger partial charge in [-0.15, -0.1) is 0 Å². The lowest BCUT2D eigenvalue weighted by Crippen LogP contribution is -2.47. The number of rotatable bonds is 3. The maximum Gasteiger partial charge on any atom is 0.310 e. The molecule has 0 amide bonds. The number of carbonyl (C=O) groups is 1. The van der Waals surface area contributed by atoms with E-state index in [4.69, 9.17) is 0 Å². The summed E-state index contributed by atoms with van der Waals surface area (Å²) in [7, 11) is 0. The summed E-state index contributed by atoms with van der Waals surface area (Å²) < 4.78 is 26.2. The van der Waals surface area contributed by atoms with Crippen LogP contribution in [0.25, 0.3) is 0 Å². The van der Waals surface area contributed by atoms with Crippen LogP contribution in [-0.4, -0.2) is 41.5 Å². The molecule has 18 heavy (non-hydrogen) atoms. The van der Waals surface area contributed by atoms with Crippen molar-refractivity contribution >= 4 is 5.97 Å². The second-order valence-corrected chi connectivity index (χ2v) is 6.17. The van der Waals surface area contributed by atoms with Crippen molar-refractivity contribution in [3.63, 3.8) is 0 Å². The number of hydrogen-bond acceptors (Lipinski definition) is 2. The van der Waals surface area contributed by atoms with Crippen molar-refractivity contribution < 1.29 is 18.7 Å². The quantitative estimate of drug-likeness (QED) is 0.849. The highest BCUT2D eigenvalue weighted by Gasteiger charge is 2.42. The molecule has 1 aliphatic heterocycles. The lowest BCUT2D eigenvalue weighted by atomic mass is 9.81. The van der Waals surface area contributed by atoms with Crippen LogP contribution in [-0.2, 0) is 4.79 Å². The lowest BCUT2D eigenvalue weighted by molar-refractivity contribution is -0.151. The smallest absolute Gasteiger partial charge is 0.310 e. The van der Waals surface area contributed by atoms with E-state index in [2.05, 4.69) is 4.90 Å². The molecule has 0 spiro atoms. The summed E-state index contributed by atoms with van der Waals surface area (Å²) >= 11 is 0. The normalized spacial score (nSPS) is 36.7. The van der Waals surface area contributed by atoms with Crippen molar-refractivity contribution in [2.75, 3.05) is 19.6 Å².